The van der Waals surface area contributed by atoms with E-state index in [0.29, 0.717) is 10.7 Å². The fourth-order valence-corrected chi connectivity index (χ4v) is 2.43. The van der Waals surface area contributed by atoms with Crippen LogP contribution in [0, 0.1) is 10.1 Å². The standard InChI is InChI=1S/C16H10ClN3O5/c17-10-2-4-11(5-3-10)19-15(22)12(18-16(19)23)7-9-1-6-14(21)13(8-9)20(24)25/h1-8,21H,(H,18,23)/b12-7+. The molecule has 2 aromatic rings. The molecule has 1 fully saturated rings. The molecule has 0 atom stereocenters. The minimum absolute atomic E-state index is 0.0417. The Labute approximate surface area is 146 Å². The SMILES string of the molecule is O=C1N/C(=C/c2ccc(O)c([N+](=O)[O-])c2)C(=O)N1c1ccc(Cl)cc1. The molecule has 8 nitrogen and oxygen atoms in total. The lowest BCUT2D eigenvalue weighted by molar-refractivity contribution is -0.385. The van der Waals surface area contributed by atoms with Gasteiger partial charge in [-0.25, -0.2) is 9.69 Å². The van der Waals surface area contributed by atoms with Crippen molar-refractivity contribution in [3.8, 4) is 5.75 Å². The zero-order chi connectivity index (χ0) is 18.1. The molecule has 0 saturated carbocycles. The average Bonchev–Trinajstić information content (AvgIpc) is 2.84. The maximum atomic E-state index is 12.4. The zero-order valence-electron chi connectivity index (χ0n) is 12.5. The molecule has 0 aromatic heterocycles. The Bertz CT molecular complexity index is 924. The monoisotopic (exact) mass is 359 g/mol. The summed E-state index contributed by atoms with van der Waals surface area (Å²) in [6, 6.07) is 9.12. The molecule has 1 aliphatic heterocycles. The third-order valence-electron chi connectivity index (χ3n) is 3.47. The highest BCUT2D eigenvalue weighted by molar-refractivity contribution is 6.31. The second kappa shape index (κ2) is 6.25. The largest absolute Gasteiger partial charge is 0.502 e. The number of nitrogens with one attached hydrogen (secondary N) is 1. The van der Waals surface area contributed by atoms with Gasteiger partial charge in [-0.1, -0.05) is 17.7 Å². The molecule has 0 unspecified atom stereocenters. The second-order valence-electron chi connectivity index (χ2n) is 5.11. The zero-order valence-corrected chi connectivity index (χ0v) is 13.2. The molecule has 9 heteroatoms. The van der Waals surface area contributed by atoms with Crippen molar-refractivity contribution in [1.82, 2.24) is 5.32 Å². The highest BCUT2D eigenvalue weighted by Crippen LogP contribution is 2.28. The van der Waals surface area contributed by atoms with Crippen LogP contribution in [0.25, 0.3) is 6.08 Å². The number of aromatic hydroxyl groups is 1. The van der Waals surface area contributed by atoms with Crippen molar-refractivity contribution in [3.63, 3.8) is 0 Å². The Morgan fingerprint density at radius 1 is 1.16 bits per heavy atom. The van der Waals surface area contributed by atoms with E-state index in [2.05, 4.69) is 5.32 Å². The molecule has 1 aliphatic rings. The lowest BCUT2D eigenvalue weighted by atomic mass is 10.1. The number of urea groups is 1. The molecule has 2 N–H and O–H groups in total. The van der Waals surface area contributed by atoms with Crippen molar-refractivity contribution in [3.05, 3.63) is 68.9 Å². The first-order valence-corrected chi connectivity index (χ1v) is 7.35. The Morgan fingerprint density at radius 2 is 1.84 bits per heavy atom. The van der Waals surface area contributed by atoms with Gasteiger partial charge in [0.05, 0.1) is 10.6 Å². The maximum absolute atomic E-state index is 12.4. The van der Waals surface area contributed by atoms with E-state index in [9.17, 15) is 24.8 Å². The van der Waals surface area contributed by atoms with Gasteiger partial charge in [0.1, 0.15) is 5.70 Å². The molecule has 0 radical (unpaired) electrons. The molecule has 1 heterocycles. The Kier molecular flexibility index (Phi) is 4.12. The van der Waals surface area contributed by atoms with Gasteiger partial charge in [0.15, 0.2) is 5.75 Å². The van der Waals surface area contributed by atoms with Gasteiger partial charge < -0.3 is 10.4 Å². The number of nitrogens with zero attached hydrogens (tertiary/aromatic N) is 2. The predicted octanol–water partition coefficient (Wildman–Crippen LogP) is 3.05. The fourth-order valence-electron chi connectivity index (χ4n) is 2.30. The van der Waals surface area contributed by atoms with Crippen LogP contribution in [-0.4, -0.2) is 22.0 Å². The third kappa shape index (κ3) is 3.15. The second-order valence-corrected chi connectivity index (χ2v) is 5.55. The number of rotatable bonds is 3. The minimum atomic E-state index is -0.744. The number of carbonyl (C=O) groups excluding carboxylic acids is 2. The van der Waals surface area contributed by atoms with Gasteiger partial charge in [0, 0.05) is 11.1 Å². The summed E-state index contributed by atoms with van der Waals surface area (Å²) in [5, 5.41) is 23.2. The number of phenols is 1. The summed E-state index contributed by atoms with van der Waals surface area (Å²) in [5.74, 6) is -1.10. The summed E-state index contributed by atoms with van der Waals surface area (Å²) < 4.78 is 0. The first-order valence-electron chi connectivity index (χ1n) is 6.97. The lowest BCUT2D eigenvalue weighted by Gasteiger charge is -2.11. The highest BCUT2D eigenvalue weighted by Gasteiger charge is 2.34. The van der Waals surface area contributed by atoms with Gasteiger partial charge in [-0.2, -0.15) is 0 Å². The highest BCUT2D eigenvalue weighted by atomic mass is 35.5. The molecule has 0 bridgehead atoms. The normalized spacial score (nSPS) is 15.6. The first-order chi connectivity index (χ1) is 11.9. The van der Waals surface area contributed by atoms with Gasteiger partial charge in [-0.15, -0.1) is 0 Å². The van der Waals surface area contributed by atoms with E-state index < -0.39 is 28.3 Å². The van der Waals surface area contributed by atoms with Crippen molar-refractivity contribution < 1.29 is 19.6 Å². The predicted molar refractivity (Wildman–Crippen MR) is 90.2 cm³/mol. The van der Waals surface area contributed by atoms with E-state index >= 15 is 0 Å². The molecule has 1 saturated heterocycles. The van der Waals surface area contributed by atoms with Gasteiger partial charge in [-0.3, -0.25) is 14.9 Å². The number of phenolic OH excluding ortho intramolecular Hbond substituents is 1. The third-order valence-corrected chi connectivity index (χ3v) is 3.72. The summed E-state index contributed by atoms with van der Waals surface area (Å²) in [6.07, 6.45) is 1.29. The van der Waals surface area contributed by atoms with Crippen LogP contribution < -0.4 is 10.2 Å². The minimum Gasteiger partial charge on any atom is -0.502 e. The van der Waals surface area contributed by atoms with Crippen molar-refractivity contribution in [2.24, 2.45) is 0 Å². The van der Waals surface area contributed by atoms with Crippen molar-refractivity contribution in [2.45, 2.75) is 0 Å². The molecular formula is C16H10ClN3O5. The Hall–Kier alpha value is -3.39. The molecule has 2 aromatic carbocycles. The van der Waals surface area contributed by atoms with Crippen molar-refractivity contribution in [1.29, 1.82) is 0 Å². The first kappa shape index (κ1) is 16.5. The smallest absolute Gasteiger partial charge is 0.333 e. The van der Waals surface area contributed by atoms with Crippen LogP contribution in [0.1, 0.15) is 5.56 Å². The van der Waals surface area contributed by atoms with Crippen LogP contribution in [-0.2, 0) is 4.79 Å². The van der Waals surface area contributed by atoms with Crippen LogP contribution in [0.5, 0.6) is 5.75 Å². The summed E-state index contributed by atoms with van der Waals surface area (Å²) in [5.41, 5.74) is 0.0821. The van der Waals surface area contributed by atoms with Gasteiger partial charge in [0.25, 0.3) is 5.91 Å². The summed E-state index contributed by atoms with van der Waals surface area (Å²) >= 11 is 5.79. The van der Waals surface area contributed by atoms with Gasteiger partial charge in [-0.05, 0) is 42.0 Å². The van der Waals surface area contributed by atoms with E-state index in [4.69, 9.17) is 11.6 Å². The lowest BCUT2D eigenvalue weighted by Crippen LogP contribution is -2.30. The Morgan fingerprint density at radius 3 is 2.48 bits per heavy atom. The number of imide groups is 1. The fraction of sp³-hybridized carbons (Fsp3) is 0. The van der Waals surface area contributed by atoms with E-state index in [1.807, 2.05) is 0 Å². The topological polar surface area (TPSA) is 113 Å². The molecule has 3 amide bonds. The number of halogens is 1. The van der Waals surface area contributed by atoms with E-state index in [1.54, 1.807) is 12.1 Å². The number of anilines is 1. The molecule has 0 spiro atoms. The van der Waals surface area contributed by atoms with Crippen LogP contribution in [0.2, 0.25) is 5.02 Å². The van der Waals surface area contributed by atoms with E-state index in [1.165, 1.54) is 24.3 Å². The molecule has 3 rings (SSSR count). The van der Waals surface area contributed by atoms with E-state index in [0.717, 1.165) is 17.0 Å². The number of amides is 3. The van der Waals surface area contributed by atoms with Crippen molar-refractivity contribution >= 4 is 41.0 Å². The number of benzene rings is 2. The molecule has 126 valence electrons. The maximum Gasteiger partial charge on any atom is 0.333 e. The Balaban J connectivity index is 1.94. The van der Waals surface area contributed by atoms with Crippen LogP contribution in [0.3, 0.4) is 0 Å². The van der Waals surface area contributed by atoms with Crippen LogP contribution >= 0.6 is 11.6 Å². The molecule has 0 aliphatic carbocycles. The number of hydrogen-bond donors (Lipinski definition) is 2. The van der Waals surface area contributed by atoms with Crippen LogP contribution in [0.15, 0.2) is 48.2 Å². The quantitative estimate of drug-likeness (QED) is 0.378. The number of nitro benzene ring substituents is 1. The number of carbonyl (C=O) groups is 2. The van der Waals surface area contributed by atoms with Crippen molar-refractivity contribution in [2.75, 3.05) is 4.90 Å². The summed E-state index contributed by atoms with van der Waals surface area (Å²) in [7, 11) is 0. The number of hydrogen-bond acceptors (Lipinski definition) is 5. The molecular weight excluding hydrogens is 350 g/mol. The molecule has 25 heavy (non-hydrogen) atoms. The van der Waals surface area contributed by atoms with E-state index in [-0.39, 0.29) is 11.3 Å². The van der Waals surface area contributed by atoms with Crippen LogP contribution in [0.4, 0.5) is 16.2 Å². The van der Waals surface area contributed by atoms with Gasteiger partial charge in [0.2, 0.25) is 0 Å². The average molecular weight is 360 g/mol. The number of nitro groups is 1. The summed E-state index contributed by atoms with van der Waals surface area (Å²) in [6.45, 7) is 0. The van der Waals surface area contributed by atoms with Gasteiger partial charge >= 0.3 is 11.7 Å². The summed E-state index contributed by atoms with van der Waals surface area (Å²) in [4.78, 5) is 35.6.